The van der Waals surface area contributed by atoms with Crippen LogP contribution in [-0.2, 0) is 20.8 Å². The van der Waals surface area contributed by atoms with E-state index in [1.54, 1.807) is 18.2 Å². The van der Waals surface area contributed by atoms with Crippen molar-refractivity contribution >= 4 is 46.6 Å². The highest BCUT2D eigenvalue weighted by Crippen LogP contribution is 2.65. The van der Waals surface area contributed by atoms with Crippen molar-refractivity contribution in [3.05, 3.63) is 76.3 Å². The number of likely N-dealkylation sites (tertiary alicyclic amines) is 1. The number of amides is 3. The number of hydrogen-bond donors (Lipinski definition) is 1. The molecule has 0 unspecified atom stereocenters. The molecule has 1 saturated heterocycles. The van der Waals surface area contributed by atoms with E-state index in [9.17, 15) is 14.4 Å². The van der Waals surface area contributed by atoms with E-state index in [4.69, 9.17) is 23.2 Å². The molecule has 0 aromatic heterocycles. The average molecular weight is 481 g/mol. The number of imide groups is 1. The Morgan fingerprint density at radius 3 is 2.21 bits per heavy atom. The van der Waals surface area contributed by atoms with Crippen molar-refractivity contribution in [3.8, 4) is 0 Å². The Morgan fingerprint density at radius 2 is 1.61 bits per heavy atom. The summed E-state index contributed by atoms with van der Waals surface area (Å²) in [6.45, 7) is 0. The van der Waals surface area contributed by atoms with Crippen LogP contribution < -0.4 is 5.32 Å². The number of nitrogens with one attached hydrogen (secondary N) is 1. The van der Waals surface area contributed by atoms with Crippen molar-refractivity contribution in [2.24, 2.45) is 35.5 Å². The number of rotatable bonds is 5. The van der Waals surface area contributed by atoms with Crippen molar-refractivity contribution < 1.29 is 14.4 Å². The number of carbonyl (C=O) groups excluding carboxylic acids is 3. The van der Waals surface area contributed by atoms with E-state index in [0.717, 1.165) is 12.0 Å². The first-order valence-electron chi connectivity index (χ1n) is 11.3. The third-order valence-electron chi connectivity index (χ3n) is 7.77. The average Bonchev–Trinajstić information content (AvgIpc) is 3.59. The van der Waals surface area contributed by atoms with Crippen LogP contribution in [0.4, 0.5) is 5.69 Å². The van der Waals surface area contributed by atoms with Gasteiger partial charge in [-0.15, -0.1) is 0 Å². The van der Waals surface area contributed by atoms with E-state index >= 15 is 0 Å². The van der Waals surface area contributed by atoms with Gasteiger partial charge >= 0.3 is 0 Å². The van der Waals surface area contributed by atoms with Gasteiger partial charge in [-0.2, -0.15) is 0 Å². The summed E-state index contributed by atoms with van der Waals surface area (Å²) < 4.78 is 0. The van der Waals surface area contributed by atoms with Gasteiger partial charge in [0.05, 0.1) is 22.5 Å². The zero-order valence-electron chi connectivity index (χ0n) is 17.7. The Hall–Kier alpha value is -2.63. The topological polar surface area (TPSA) is 66.5 Å². The number of hydrogen-bond acceptors (Lipinski definition) is 3. The van der Waals surface area contributed by atoms with Crippen LogP contribution in [0.3, 0.4) is 0 Å². The number of halogens is 2. The number of anilines is 1. The van der Waals surface area contributed by atoms with Gasteiger partial charge in [-0.05, 0) is 53.9 Å². The molecule has 1 N–H and O–H groups in total. The van der Waals surface area contributed by atoms with Crippen LogP contribution in [0.1, 0.15) is 12.0 Å². The van der Waals surface area contributed by atoms with Gasteiger partial charge in [-0.1, -0.05) is 65.7 Å². The molecule has 7 atom stereocenters. The van der Waals surface area contributed by atoms with Gasteiger partial charge in [0, 0.05) is 11.4 Å². The largest absolute Gasteiger partial charge is 0.323 e. The van der Waals surface area contributed by atoms with Gasteiger partial charge in [0.25, 0.3) is 0 Å². The predicted molar refractivity (Wildman–Crippen MR) is 126 cm³/mol. The Labute approximate surface area is 201 Å². The van der Waals surface area contributed by atoms with Gasteiger partial charge in [0.1, 0.15) is 6.04 Å². The Kier molecular flexibility index (Phi) is 4.89. The molecule has 168 valence electrons. The molecule has 4 aliphatic carbocycles. The van der Waals surface area contributed by atoms with Crippen LogP contribution in [-0.4, -0.2) is 28.7 Å². The smallest absolute Gasteiger partial charge is 0.248 e. The highest BCUT2D eigenvalue weighted by Gasteiger charge is 2.67. The van der Waals surface area contributed by atoms with Gasteiger partial charge in [-0.25, -0.2) is 0 Å². The normalized spacial score (nSPS) is 31.9. The van der Waals surface area contributed by atoms with Crippen LogP contribution in [0.2, 0.25) is 10.0 Å². The van der Waals surface area contributed by atoms with Gasteiger partial charge in [0.2, 0.25) is 17.7 Å². The van der Waals surface area contributed by atoms with E-state index in [1.807, 2.05) is 30.3 Å². The highest BCUT2D eigenvalue weighted by atomic mass is 35.5. The summed E-state index contributed by atoms with van der Waals surface area (Å²) in [5.74, 6) is -0.326. The summed E-state index contributed by atoms with van der Waals surface area (Å²) in [5.41, 5.74) is 1.27. The third-order valence-corrected chi connectivity index (χ3v) is 8.32. The van der Waals surface area contributed by atoms with Crippen LogP contribution in [0, 0.1) is 35.5 Å². The van der Waals surface area contributed by atoms with Gasteiger partial charge in [0.15, 0.2) is 0 Å². The van der Waals surface area contributed by atoms with Gasteiger partial charge < -0.3 is 5.32 Å². The maximum atomic E-state index is 13.7. The fourth-order valence-electron chi connectivity index (χ4n) is 6.23. The van der Waals surface area contributed by atoms with Crippen molar-refractivity contribution in [1.29, 1.82) is 0 Å². The Balaban J connectivity index is 1.34. The van der Waals surface area contributed by atoms with Gasteiger partial charge in [-0.3, -0.25) is 19.3 Å². The van der Waals surface area contributed by atoms with Crippen molar-refractivity contribution in [1.82, 2.24) is 4.90 Å². The summed E-state index contributed by atoms with van der Waals surface area (Å²) in [4.78, 5) is 42.1. The molecule has 1 heterocycles. The first-order valence-corrected chi connectivity index (χ1v) is 12.0. The van der Waals surface area contributed by atoms with E-state index in [1.165, 1.54) is 4.90 Å². The molecule has 2 aromatic rings. The number of benzene rings is 2. The second-order valence-electron chi connectivity index (χ2n) is 9.52. The zero-order chi connectivity index (χ0) is 22.9. The minimum Gasteiger partial charge on any atom is -0.323 e. The maximum Gasteiger partial charge on any atom is 0.248 e. The Bertz CT molecular complexity index is 1160. The monoisotopic (exact) mass is 480 g/mol. The van der Waals surface area contributed by atoms with Crippen molar-refractivity contribution in [2.75, 3.05) is 5.32 Å². The molecule has 1 aliphatic heterocycles. The van der Waals surface area contributed by atoms with Crippen LogP contribution in [0.25, 0.3) is 0 Å². The van der Waals surface area contributed by atoms with Crippen molar-refractivity contribution in [2.45, 2.75) is 18.9 Å². The summed E-state index contributed by atoms with van der Waals surface area (Å²) >= 11 is 12.3. The highest BCUT2D eigenvalue weighted by molar-refractivity contribution is 6.36. The fourth-order valence-corrected chi connectivity index (χ4v) is 6.69. The second-order valence-corrected chi connectivity index (χ2v) is 10.4. The Morgan fingerprint density at radius 1 is 0.970 bits per heavy atom. The van der Waals surface area contributed by atoms with E-state index in [-0.39, 0.29) is 41.9 Å². The second kappa shape index (κ2) is 7.71. The molecule has 33 heavy (non-hydrogen) atoms. The quantitative estimate of drug-likeness (QED) is 0.502. The molecule has 2 saturated carbocycles. The molecule has 0 radical (unpaired) electrons. The maximum absolute atomic E-state index is 13.7. The molecular weight excluding hydrogens is 459 g/mol. The first kappa shape index (κ1) is 20.9. The molecule has 2 bridgehead atoms. The molecule has 5 aliphatic rings. The third kappa shape index (κ3) is 3.32. The SMILES string of the molecule is O=C(Nc1ccc(Cl)cc1Cl)[C@H](Cc1ccccc1)N1C(=O)[C@@H]2[C@H]3C=C[C@@H]([C@@H]4C[C@H]34)[C@@H]2C1=O. The summed E-state index contributed by atoms with van der Waals surface area (Å²) in [6.07, 6.45) is 5.60. The minimum absolute atomic E-state index is 0.109. The molecular formula is C26H22Cl2N2O3. The molecule has 2 aromatic carbocycles. The molecule has 5 nitrogen and oxygen atoms in total. The number of allylic oxidation sites excluding steroid dienone is 2. The van der Waals surface area contributed by atoms with E-state index in [0.29, 0.717) is 27.6 Å². The van der Waals surface area contributed by atoms with Crippen LogP contribution >= 0.6 is 23.2 Å². The molecule has 0 spiro atoms. The minimum atomic E-state index is -0.958. The molecule has 3 amide bonds. The number of nitrogens with zero attached hydrogens (tertiary/aromatic N) is 1. The van der Waals surface area contributed by atoms with Crippen molar-refractivity contribution in [3.63, 3.8) is 0 Å². The van der Waals surface area contributed by atoms with Crippen LogP contribution in [0.5, 0.6) is 0 Å². The zero-order valence-corrected chi connectivity index (χ0v) is 19.2. The number of carbonyl (C=O) groups is 3. The summed E-state index contributed by atoms with van der Waals surface area (Å²) in [5, 5.41) is 3.57. The lowest BCUT2D eigenvalue weighted by Crippen LogP contribution is -2.49. The molecule has 7 rings (SSSR count). The lowest BCUT2D eigenvalue weighted by molar-refractivity contribution is -0.146. The first-order chi connectivity index (χ1) is 15.9. The van der Waals surface area contributed by atoms with E-state index < -0.39 is 11.9 Å². The molecule has 3 fully saturated rings. The summed E-state index contributed by atoms with van der Waals surface area (Å²) in [6, 6.07) is 13.3. The van der Waals surface area contributed by atoms with E-state index in [2.05, 4.69) is 17.5 Å². The van der Waals surface area contributed by atoms with Crippen LogP contribution in [0.15, 0.2) is 60.7 Å². The molecule has 7 heteroatoms. The lowest BCUT2D eigenvalue weighted by atomic mass is 9.63. The lowest BCUT2D eigenvalue weighted by Gasteiger charge is -2.37. The summed E-state index contributed by atoms with van der Waals surface area (Å²) in [7, 11) is 0. The fraction of sp³-hybridized carbons (Fsp3) is 0.346. The standard InChI is InChI=1S/C26H22Cl2N2O3/c27-14-6-9-20(19(28)11-14)29-24(31)21(10-13-4-2-1-3-5-13)30-25(32)22-15-7-8-16(18-12-17(15)18)23(22)26(30)33/h1-9,11,15-18,21-23H,10,12H2,(H,29,31)/t15-,16-,17-,18+,21-,22-,23+/m0/s1. The predicted octanol–water partition coefficient (Wildman–Crippen LogP) is 4.60.